The molecule has 0 spiro atoms. The Balaban J connectivity index is 3.41. The average Bonchev–Trinajstić information content (AvgIpc) is 2.14. The highest BCUT2D eigenvalue weighted by Crippen LogP contribution is 2.36. The molecule has 0 aliphatic rings. The molecule has 0 bridgehead atoms. The molecule has 0 fully saturated rings. The molecule has 90 valence electrons. The normalized spacial score (nSPS) is 12.2. The lowest BCUT2D eigenvalue weighted by molar-refractivity contribution is -0.142. The lowest BCUT2D eigenvalue weighted by Gasteiger charge is -2.13. The summed E-state index contributed by atoms with van der Waals surface area (Å²) < 4.78 is 61.7. The van der Waals surface area contributed by atoms with Crippen LogP contribution >= 0.6 is 34.2 Å². The van der Waals surface area contributed by atoms with E-state index in [4.69, 9.17) is 11.6 Å². The Labute approximate surface area is 106 Å². The van der Waals surface area contributed by atoms with E-state index in [2.05, 4.69) is 4.98 Å². The van der Waals surface area contributed by atoms with Gasteiger partial charge in [-0.3, -0.25) is 4.98 Å². The summed E-state index contributed by atoms with van der Waals surface area (Å²) in [5.41, 5.74) is -1.97. The zero-order chi connectivity index (χ0) is 12.5. The molecular formula is C8H4ClF5IN. The van der Waals surface area contributed by atoms with Crippen molar-refractivity contribution in [2.75, 3.05) is 0 Å². The van der Waals surface area contributed by atoms with E-state index in [1.54, 1.807) is 0 Å². The van der Waals surface area contributed by atoms with Crippen LogP contribution in [0.5, 0.6) is 0 Å². The molecule has 1 aromatic rings. The monoisotopic (exact) mass is 371 g/mol. The fourth-order valence-electron chi connectivity index (χ4n) is 1.06. The van der Waals surface area contributed by atoms with E-state index in [0.29, 0.717) is 6.20 Å². The predicted octanol–water partition coefficient (Wildman–Crippen LogP) is 4.38. The van der Waals surface area contributed by atoms with Gasteiger partial charge in [0.2, 0.25) is 0 Å². The first-order valence-electron chi connectivity index (χ1n) is 3.87. The minimum Gasteiger partial charge on any atom is -0.250 e. The third-order valence-electron chi connectivity index (χ3n) is 1.79. The summed E-state index contributed by atoms with van der Waals surface area (Å²) in [6.07, 6.45) is -7.04. The lowest BCUT2D eigenvalue weighted by atomic mass is 10.1. The minimum absolute atomic E-state index is 0.223. The van der Waals surface area contributed by atoms with E-state index >= 15 is 0 Å². The van der Waals surface area contributed by atoms with E-state index in [-0.39, 0.29) is 9.13 Å². The molecule has 0 unspecified atom stereocenters. The number of pyridine rings is 1. The van der Waals surface area contributed by atoms with Crippen molar-refractivity contribution < 1.29 is 22.0 Å². The van der Waals surface area contributed by atoms with E-state index < -0.39 is 29.7 Å². The number of aromatic nitrogens is 1. The molecule has 0 saturated heterocycles. The second kappa shape index (κ2) is 4.99. The maximum absolute atomic E-state index is 12.4. The maximum Gasteiger partial charge on any atom is 0.434 e. The largest absolute Gasteiger partial charge is 0.434 e. The summed E-state index contributed by atoms with van der Waals surface area (Å²) in [5, 5.41) is 0. The molecule has 1 aromatic heterocycles. The van der Waals surface area contributed by atoms with Crippen LogP contribution in [0.15, 0.2) is 6.20 Å². The van der Waals surface area contributed by atoms with E-state index in [0.717, 1.165) is 0 Å². The minimum atomic E-state index is -4.67. The van der Waals surface area contributed by atoms with Crippen molar-refractivity contribution in [3.8, 4) is 0 Å². The number of hydrogen-bond acceptors (Lipinski definition) is 1. The van der Waals surface area contributed by atoms with Gasteiger partial charge in [-0.15, -0.1) is 11.6 Å². The molecule has 0 aromatic carbocycles. The number of halogens is 7. The topological polar surface area (TPSA) is 12.9 Å². The molecule has 0 aliphatic heterocycles. The molecule has 1 heterocycles. The van der Waals surface area contributed by atoms with Gasteiger partial charge in [-0.25, -0.2) is 8.78 Å². The summed E-state index contributed by atoms with van der Waals surface area (Å²) in [6, 6.07) is 0. The van der Waals surface area contributed by atoms with Crippen LogP contribution in [0.3, 0.4) is 0 Å². The van der Waals surface area contributed by atoms with Crippen LogP contribution in [0.25, 0.3) is 0 Å². The number of rotatable bonds is 2. The van der Waals surface area contributed by atoms with Gasteiger partial charge in [-0.2, -0.15) is 13.2 Å². The first-order valence-corrected chi connectivity index (χ1v) is 5.49. The first kappa shape index (κ1) is 13.9. The lowest BCUT2D eigenvalue weighted by Crippen LogP contribution is -2.13. The van der Waals surface area contributed by atoms with E-state index in [1.807, 2.05) is 0 Å². The van der Waals surface area contributed by atoms with Gasteiger partial charge in [0, 0.05) is 21.2 Å². The summed E-state index contributed by atoms with van der Waals surface area (Å²) in [6.45, 7) is 0. The van der Waals surface area contributed by atoms with Crippen molar-refractivity contribution >= 4 is 34.2 Å². The third kappa shape index (κ3) is 2.73. The Kier molecular flexibility index (Phi) is 4.33. The fourth-order valence-corrected chi connectivity index (χ4v) is 2.52. The van der Waals surface area contributed by atoms with Crippen LogP contribution in [0.1, 0.15) is 23.2 Å². The number of nitrogens with zero attached hydrogens (tertiary/aromatic N) is 1. The highest BCUT2D eigenvalue weighted by molar-refractivity contribution is 14.1. The Morgan fingerprint density at radius 3 is 2.31 bits per heavy atom. The molecule has 16 heavy (non-hydrogen) atoms. The van der Waals surface area contributed by atoms with Crippen LogP contribution in [-0.4, -0.2) is 4.98 Å². The van der Waals surface area contributed by atoms with Gasteiger partial charge < -0.3 is 0 Å². The predicted molar refractivity (Wildman–Crippen MR) is 56.5 cm³/mol. The van der Waals surface area contributed by atoms with Crippen LogP contribution in [0.2, 0.25) is 0 Å². The quantitative estimate of drug-likeness (QED) is 0.427. The second-order valence-electron chi connectivity index (χ2n) is 2.79. The Morgan fingerprint density at radius 2 is 1.94 bits per heavy atom. The van der Waals surface area contributed by atoms with Gasteiger partial charge in [0.1, 0.15) is 0 Å². The average molecular weight is 371 g/mol. The van der Waals surface area contributed by atoms with Crippen molar-refractivity contribution in [3.05, 3.63) is 26.6 Å². The van der Waals surface area contributed by atoms with Crippen LogP contribution in [-0.2, 0) is 12.1 Å². The zero-order valence-corrected chi connectivity index (χ0v) is 10.4. The Morgan fingerprint density at radius 1 is 1.38 bits per heavy atom. The molecule has 1 rings (SSSR count). The molecular weight excluding hydrogens is 367 g/mol. The SMILES string of the molecule is FC(F)c1cnc(C(F)(F)F)c(I)c1CCl. The van der Waals surface area contributed by atoms with E-state index in [1.165, 1.54) is 22.6 Å². The smallest absolute Gasteiger partial charge is 0.250 e. The highest BCUT2D eigenvalue weighted by Gasteiger charge is 2.36. The highest BCUT2D eigenvalue weighted by atomic mass is 127. The first-order chi connectivity index (χ1) is 7.29. The Bertz CT molecular complexity index is 393. The fraction of sp³-hybridized carbons (Fsp3) is 0.375. The summed E-state index contributed by atoms with van der Waals surface area (Å²) in [7, 11) is 0. The van der Waals surface area contributed by atoms with Gasteiger partial charge >= 0.3 is 6.18 Å². The van der Waals surface area contributed by atoms with Crippen LogP contribution < -0.4 is 0 Å². The molecule has 0 aliphatic carbocycles. The summed E-state index contributed by atoms with van der Waals surface area (Å²) in [4.78, 5) is 3.01. The van der Waals surface area contributed by atoms with Crippen molar-refractivity contribution in [2.24, 2.45) is 0 Å². The zero-order valence-electron chi connectivity index (χ0n) is 7.45. The van der Waals surface area contributed by atoms with Gasteiger partial charge in [-0.05, 0) is 28.2 Å². The molecule has 0 N–H and O–H groups in total. The van der Waals surface area contributed by atoms with Crippen LogP contribution in [0.4, 0.5) is 22.0 Å². The van der Waals surface area contributed by atoms with Crippen molar-refractivity contribution in [3.63, 3.8) is 0 Å². The van der Waals surface area contributed by atoms with Gasteiger partial charge in [0.15, 0.2) is 5.69 Å². The summed E-state index contributed by atoms with van der Waals surface area (Å²) >= 11 is 6.70. The Hall–Kier alpha value is -0.180. The van der Waals surface area contributed by atoms with Crippen molar-refractivity contribution in [2.45, 2.75) is 18.5 Å². The molecule has 0 saturated carbocycles. The molecule has 0 amide bonds. The third-order valence-corrected chi connectivity index (χ3v) is 3.22. The standard InChI is InChI=1S/C8H4ClF5IN/c9-1-3-4(7(10)11)2-16-6(5(3)15)8(12,13)14/h2,7H,1H2. The number of alkyl halides is 6. The molecule has 0 radical (unpaired) electrons. The van der Waals surface area contributed by atoms with Crippen molar-refractivity contribution in [1.82, 2.24) is 4.98 Å². The van der Waals surface area contributed by atoms with Crippen molar-refractivity contribution in [1.29, 1.82) is 0 Å². The van der Waals surface area contributed by atoms with Crippen LogP contribution in [0, 0.1) is 3.57 Å². The molecule has 8 heteroatoms. The maximum atomic E-state index is 12.4. The second-order valence-corrected chi connectivity index (χ2v) is 4.13. The summed E-state index contributed by atoms with van der Waals surface area (Å²) in [5.74, 6) is -0.413. The molecule has 1 nitrogen and oxygen atoms in total. The van der Waals surface area contributed by atoms with Gasteiger partial charge in [-0.1, -0.05) is 0 Å². The van der Waals surface area contributed by atoms with Gasteiger partial charge in [0.25, 0.3) is 6.43 Å². The van der Waals surface area contributed by atoms with Gasteiger partial charge in [0.05, 0.1) is 0 Å². The number of hydrogen-bond donors (Lipinski definition) is 0. The van der Waals surface area contributed by atoms with E-state index in [9.17, 15) is 22.0 Å². The molecule has 0 atom stereocenters.